The number of aliphatic hydroxyl groups excluding tert-OH is 2. The van der Waals surface area contributed by atoms with Crippen molar-refractivity contribution in [2.24, 2.45) is 10.8 Å². The maximum atomic E-state index is 12.4. The molecule has 1 fully saturated rings. The molecule has 0 radical (unpaired) electrons. The maximum absolute atomic E-state index is 12.4. The number of rotatable bonds is 6. The number of nitrogens with one attached hydrogen (secondary N) is 4. The average molecular weight is 457 g/mol. The van der Waals surface area contributed by atoms with Crippen LogP contribution in [0, 0.1) is 10.8 Å². The van der Waals surface area contributed by atoms with E-state index in [1.807, 2.05) is 41.5 Å². The summed E-state index contributed by atoms with van der Waals surface area (Å²) < 4.78 is 0. The van der Waals surface area contributed by atoms with Crippen molar-refractivity contribution in [1.82, 2.24) is 21.3 Å². The van der Waals surface area contributed by atoms with Gasteiger partial charge >= 0.3 is 23.6 Å². The van der Waals surface area contributed by atoms with Gasteiger partial charge in [-0.2, -0.15) is 0 Å². The summed E-state index contributed by atoms with van der Waals surface area (Å²) in [6, 6.07) is -2.18. The molecule has 1 saturated carbocycles. The van der Waals surface area contributed by atoms with Crippen LogP contribution in [0.25, 0.3) is 0 Å². The van der Waals surface area contributed by atoms with Crippen molar-refractivity contribution >= 4 is 23.6 Å². The zero-order chi connectivity index (χ0) is 24.7. The van der Waals surface area contributed by atoms with Gasteiger partial charge in [-0.25, -0.2) is 0 Å². The van der Waals surface area contributed by atoms with E-state index >= 15 is 0 Å². The van der Waals surface area contributed by atoms with E-state index in [2.05, 4.69) is 21.3 Å². The van der Waals surface area contributed by atoms with Crippen molar-refractivity contribution in [1.29, 1.82) is 0 Å². The number of amides is 4. The van der Waals surface area contributed by atoms with Crippen LogP contribution in [0.15, 0.2) is 0 Å². The van der Waals surface area contributed by atoms with Gasteiger partial charge < -0.3 is 31.5 Å². The third kappa shape index (κ3) is 8.38. The summed E-state index contributed by atoms with van der Waals surface area (Å²) in [5.74, 6) is -3.42. The fourth-order valence-corrected chi connectivity index (χ4v) is 3.46. The molecule has 0 aliphatic heterocycles. The molecule has 10 heteroatoms. The lowest BCUT2D eigenvalue weighted by atomic mass is 9.87. The fourth-order valence-electron chi connectivity index (χ4n) is 3.46. The standard InChI is InChI=1S/C22H40N4O6/c1-21(2,3)15(11-27)25-19(31)17(29)23-13-9-7-8-10-14(13)24-18(30)20(32)26-16(12-28)22(4,5)6/h13-16,27-28H,7-12H2,1-6H3,(H,23,29)(H,24,30)(H,25,31)(H,26,32)/t13-,14-,15+,16+/m0/s1. The molecule has 0 unspecified atom stereocenters. The molecular weight excluding hydrogens is 416 g/mol. The fraction of sp³-hybridized carbons (Fsp3) is 0.818. The van der Waals surface area contributed by atoms with E-state index in [1.54, 1.807) is 0 Å². The van der Waals surface area contributed by atoms with E-state index in [1.165, 1.54) is 0 Å². The largest absolute Gasteiger partial charge is 0.394 e. The first kappa shape index (κ1) is 27.8. The van der Waals surface area contributed by atoms with Crippen LogP contribution in [0.2, 0.25) is 0 Å². The first-order chi connectivity index (χ1) is 14.7. The second-order valence-electron chi connectivity index (χ2n) is 10.6. The molecule has 0 spiro atoms. The summed E-state index contributed by atoms with van der Waals surface area (Å²) in [5.41, 5.74) is -0.863. The van der Waals surface area contributed by atoms with E-state index < -0.39 is 58.6 Å². The number of hydrogen-bond acceptors (Lipinski definition) is 6. The average Bonchev–Trinajstić information content (AvgIpc) is 2.69. The SMILES string of the molecule is CC(C)(C)[C@@H](CO)NC(=O)C(=O)N[C@H]1CCCC[C@@H]1NC(=O)C(=O)N[C@H](CO)C(C)(C)C. The van der Waals surface area contributed by atoms with Crippen LogP contribution in [-0.4, -0.2) is 71.2 Å². The normalized spacial score (nSPS) is 21.1. The van der Waals surface area contributed by atoms with Gasteiger partial charge in [-0.1, -0.05) is 54.4 Å². The highest BCUT2D eigenvalue weighted by atomic mass is 16.3. The Kier molecular flexibility index (Phi) is 10.1. The molecule has 0 heterocycles. The summed E-state index contributed by atoms with van der Waals surface area (Å²) in [6.07, 6.45) is 2.72. The summed E-state index contributed by atoms with van der Waals surface area (Å²) in [6.45, 7) is 10.4. The number of hydrogen-bond donors (Lipinski definition) is 6. The zero-order valence-corrected chi connectivity index (χ0v) is 20.1. The summed E-state index contributed by atoms with van der Waals surface area (Å²) in [7, 11) is 0. The Bertz CT molecular complexity index is 625. The summed E-state index contributed by atoms with van der Waals surface area (Å²) in [5, 5.41) is 29.4. The topological polar surface area (TPSA) is 157 Å². The lowest BCUT2D eigenvalue weighted by Crippen LogP contribution is -2.59. The number of aliphatic hydroxyl groups is 2. The van der Waals surface area contributed by atoms with Crippen molar-refractivity contribution in [3.05, 3.63) is 0 Å². The molecule has 1 rings (SSSR count). The molecular formula is C22H40N4O6. The van der Waals surface area contributed by atoms with Crippen LogP contribution in [0.1, 0.15) is 67.2 Å². The van der Waals surface area contributed by atoms with Crippen molar-refractivity contribution < 1.29 is 29.4 Å². The van der Waals surface area contributed by atoms with Gasteiger partial charge in [0.2, 0.25) is 0 Å². The van der Waals surface area contributed by atoms with Gasteiger partial charge in [-0.3, -0.25) is 19.2 Å². The van der Waals surface area contributed by atoms with Gasteiger partial charge in [0, 0.05) is 12.1 Å². The number of carbonyl (C=O) groups is 4. The molecule has 184 valence electrons. The Hall–Kier alpha value is -2.20. The molecule has 10 nitrogen and oxygen atoms in total. The van der Waals surface area contributed by atoms with Gasteiger partial charge in [0.1, 0.15) is 0 Å². The third-order valence-electron chi connectivity index (χ3n) is 5.88. The second kappa shape index (κ2) is 11.6. The van der Waals surface area contributed by atoms with Gasteiger partial charge in [-0.05, 0) is 23.7 Å². The van der Waals surface area contributed by atoms with Crippen LogP contribution in [0.5, 0.6) is 0 Å². The second-order valence-corrected chi connectivity index (χ2v) is 10.6. The Labute approximate surface area is 190 Å². The van der Waals surface area contributed by atoms with Gasteiger partial charge in [0.25, 0.3) is 0 Å². The minimum atomic E-state index is -0.858. The highest BCUT2D eigenvalue weighted by molar-refractivity contribution is 6.36. The third-order valence-corrected chi connectivity index (χ3v) is 5.88. The van der Waals surface area contributed by atoms with Crippen LogP contribution < -0.4 is 21.3 Å². The van der Waals surface area contributed by atoms with E-state index in [-0.39, 0.29) is 13.2 Å². The van der Waals surface area contributed by atoms with Crippen molar-refractivity contribution in [2.45, 2.75) is 91.4 Å². The first-order valence-electron chi connectivity index (χ1n) is 11.1. The zero-order valence-electron chi connectivity index (χ0n) is 20.1. The molecule has 1 aliphatic rings. The summed E-state index contributed by atoms with van der Waals surface area (Å²) >= 11 is 0. The molecule has 1 aliphatic carbocycles. The quantitative estimate of drug-likeness (QED) is 0.298. The minimum absolute atomic E-state index is 0.302. The van der Waals surface area contributed by atoms with E-state index in [9.17, 15) is 29.4 Å². The minimum Gasteiger partial charge on any atom is -0.394 e. The molecule has 4 amide bonds. The lowest BCUT2D eigenvalue weighted by Gasteiger charge is -2.34. The van der Waals surface area contributed by atoms with E-state index in [0.717, 1.165) is 12.8 Å². The predicted molar refractivity (Wildman–Crippen MR) is 119 cm³/mol. The van der Waals surface area contributed by atoms with Gasteiger partial charge in [0.15, 0.2) is 0 Å². The molecule has 32 heavy (non-hydrogen) atoms. The Morgan fingerprint density at radius 3 is 1.25 bits per heavy atom. The Morgan fingerprint density at radius 1 is 0.688 bits per heavy atom. The van der Waals surface area contributed by atoms with Crippen LogP contribution in [-0.2, 0) is 19.2 Å². The van der Waals surface area contributed by atoms with E-state index in [4.69, 9.17) is 0 Å². The molecule has 0 aromatic carbocycles. The van der Waals surface area contributed by atoms with Gasteiger partial charge in [-0.15, -0.1) is 0 Å². The van der Waals surface area contributed by atoms with Crippen LogP contribution in [0.4, 0.5) is 0 Å². The van der Waals surface area contributed by atoms with Crippen LogP contribution >= 0.6 is 0 Å². The summed E-state index contributed by atoms with van der Waals surface area (Å²) in [4.78, 5) is 49.5. The van der Waals surface area contributed by atoms with Crippen molar-refractivity contribution in [3.8, 4) is 0 Å². The Morgan fingerprint density at radius 2 is 1.00 bits per heavy atom. The maximum Gasteiger partial charge on any atom is 0.309 e. The molecule has 6 N–H and O–H groups in total. The monoisotopic (exact) mass is 456 g/mol. The van der Waals surface area contributed by atoms with E-state index in [0.29, 0.717) is 12.8 Å². The number of carbonyl (C=O) groups excluding carboxylic acids is 4. The molecule has 4 atom stereocenters. The smallest absolute Gasteiger partial charge is 0.309 e. The molecule has 0 aromatic rings. The van der Waals surface area contributed by atoms with Crippen molar-refractivity contribution in [3.63, 3.8) is 0 Å². The predicted octanol–water partition coefficient (Wildman–Crippen LogP) is -0.424. The molecule has 0 saturated heterocycles. The van der Waals surface area contributed by atoms with Crippen LogP contribution in [0.3, 0.4) is 0 Å². The highest BCUT2D eigenvalue weighted by Gasteiger charge is 2.34. The van der Waals surface area contributed by atoms with Crippen molar-refractivity contribution in [2.75, 3.05) is 13.2 Å². The lowest BCUT2D eigenvalue weighted by molar-refractivity contribution is -0.142. The Balaban J connectivity index is 2.73. The van der Waals surface area contributed by atoms with Gasteiger partial charge in [0.05, 0.1) is 25.3 Å². The molecule has 0 aromatic heterocycles. The first-order valence-corrected chi connectivity index (χ1v) is 11.1. The highest BCUT2D eigenvalue weighted by Crippen LogP contribution is 2.21. The molecule has 0 bridgehead atoms.